The van der Waals surface area contributed by atoms with Crippen molar-refractivity contribution in [3.63, 3.8) is 0 Å². The lowest BCUT2D eigenvalue weighted by molar-refractivity contribution is -0.385. The fraction of sp³-hybridized carbons (Fsp3) is 0.600. The first-order valence-corrected chi connectivity index (χ1v) is 7.90. The van der Waals surface area contributed by atoms with Crippen LogP contribution in [0, 0.1) is 28.9 Å². The zero-order valence-corrected chi connectivity index (χ0v) is 13.7. The van der Waals surface area contributed by atoms with E-state index in [2.05, 4.69) is 35.1 Å². The number of rotatable bonds is 3. The molecular weight excluding hydrogens is 320 g/mol. The summed E-state index contributed by atoms with van der Waals surface area (Å²) in [7, 11) is 0. The Morgan fingerprint density at radius 3 is 2.45 bits per heavy atom. The van der Waals surface area contributed by atoms with Crippen LogP contribution in [0.25, 0.3) is 0 Å². The molecule has 1 aliphatic rings. The molecule has 0 spiro atoms. The van der Waals surface area contributed by atoms with Gasteiger partial charge in [-0.2, -0.15) is 0 Å². The maximum atomic E-state index is 11.1. The van der Waals surface area contributed by atoms with Gasteiger partial charge in [0.15, 0.2) is 0 Å². The number of anilines is 1. The van der Waals surface area contributed by atoms with Crippen molar-refractivity contribution < 1.29 is 4.92 Å². The second-order valence-corrected chi connectivity index (χ2v) is 6.79. The van der Waals surface area contributed by atoms with Gasteiger partial charge in [-0.25, -0.2) is 0 Å². The molecule has 0 radical (unpaired) electrons. The molecule has 110 valence electrons. The van der Waals surface area contributed by atoms with Gasteiger partial charge in [0.2, 0.25) is 0 Å². The average Bonchev–Trinajstić information content (AvgIpc) is 2.35. The van der Waals surface area contributed by atoms with Crippen molar-refractivity contribution in [1.29, 1.82) is 0 Å². The molecule has 0 amide bonds. The van der Waals surface area contributed by atoms with Crippen molar-refractivity contribution in [2.45, 2.75) is 46.1 Å². The first-order valence-electron chi connectivity index (χ1n) is 7.11. The minimum atomic E-state index is -0.319. The number of halogens is 1. The number of nitrogens with one attached hydrogen (secondary N) is 1. The number of aryl methyl sites for hydroxylation is 1. The van der Waals surface area contributed by atoms with E-state index in [1.54, 1.807) is 13.0 Å². The summed E-state index contributed by atoms with van der Waals surface area (Å²) < 4.78 is 0.894. The van der Waals surface area contributed by atoms with Crippen molar-refractivity contribution in [2.24, 2.45) is 11.8 Å². The van der Waals surface area contributed by atoms with E-state index < -0.39 is 0 Å². The minimum absolute atomic E-state index is 0.173. The molecule has 1 saturated carbocycles. The molecule has 0 heterocycles. The Bertz CT molecular complexity index is 509. The van der Waals surface area contributed by atoms with Crippen molar-refractivity contribution in [3.8, 4) is 0 Å². The number of nitrogens with zero attached hydrogens (tertiary/aromatic N) is 1. The van der Waals surface area contributed by atoms with E-state index in [0.717, 1.165) is 10.2 Å². The van der Waals surface area contributed by atoms with Gasteiger partial charge in [-0.1, -0.05) is 20.3 Å². The summed E-state index contributed by atoms with van der Waals surface area (Å²) in [5, 5.41) is 14.6. The zero-order valence-electron chi connectivity index (χ0n) is 12.1. The predicted molar refractivity (Wildman–Crippen MR) is 85.1 cm³/mol. The van der Waals surface area contributed by atoms with E-state index in [-0.39, 0.29) is 10.6 Å². The van der Waals surface area contributed by atoms with E-state index in [9.17, 15) is 10.1 Å². The summed E-state index contributed by atoms with van der Waals surface area (Å²) in [6, 6.07) is 3.84. The number of nitro benzene ring substituents is 1. The standard InChI is InChI=1S/C15H21BrN2O2/c1-9-5-4-6-10(2)15(9)17-13-8-14(18(19)20)11(3)7-12(13)16/h7-10,15,17H,4-6H2,1-3H3. The molecule has 20 heavy (non-hydrogen) atoms. The molecule has 1 fully saturated rings. The molecule has 4 nitrogen and oxygen atoms in total. The summed E-state index contributed by atoms with van der Waals surface area (Å²) in [5.41, 5.74) is 1.68. The minimum Gasteiger partial charge on any atom is -0.381 e. The summed E-state index contributed by atoms with van der Waals surface area (Å²) in [4.78, 5) is 10.7. The van der Waals surface area contributed by atoms with Gasteiger partial charge in [-0.05, 0) is 53.6 Å². The lowest BCUT2D eigenvalue weighted by atomic mass is 9.78. The lowest BCUT2D eigenvalue weighted by Gasteiger charge is -2.36. The van der Waals surface area contributed by atoms with Gasteiger partial charge >= 0.3 is 0 Å². The van der Waals surface area contributed by atoms with Crippen LogP contribution in [0.4, 0.5) is 11.4 Å². The average molecular weight is 341 g/mol. The van der Waals surface area contributed by atoms with Crippen molar-refractivity contribution in [3.05, 3.63) is 32.3 Å². The molecule has 2 atom stereocenters. The Hall–Kier alpha value is -1.10. The zero-order chi connectivity index (χ0) is 14.9. The molecule has 1 N–H and O–H groups in total. The Kier molecular flexibility index (Phi) is 4.68. The fourth-order valence-electron chi connectivity index (χ4n) is 3.11. The molecule has 0 aromatic heterocycles. The number of nitro groups is 1. The summed E-state index contributed by atoms with van der Waals surface area (Å²) in [6.07, 6.45) is 3.71. The molecule has 0 bridgehead atoms. The molecule has 2 unspecified atom stereocenters. The highest BCUT2D eigenvalue weighted by Crippen LogP contribution is 2.36. The van der Waals surface area contributed by atoms with Crippen LogP contribution in [-0.2, 0) is 0 Å². The molecule has 2 rings (SSSR count). The third-order valence-corrected chi connectivity index (χ3v) is 5.01. The third-order valence-electron chi connectivity index (χ3n) is 4.35. The monoisotopic (exact) mass is 340 g/mol. The number of hydrogen-bond donors (Lipinski definition) is 1. The lowest BCUT2D eigenvalue weighted by Crippen LogP contribution is -2.37. The summed E-state index contributed by atoms with van der Waals surface area (Å²) in [6.45, 7) is 6.27. The molecular formula is C15H21BrN2O2. The van der Waals surface area contributed by atoms with Crippen molar-refractivity contribution >= 4 is 27.3 Å². The van der Waals surface area contributed by atoms with E-state index in [1.807, 2.05) is 6.07 Å². The molecule has 1 aliphatic carbocycles. The first kappa shape index (κ1) is 15.3. The molecule has 5 heteroatoms. The van der Waals surface area contributed by atoms with E-state index >= 15 is 0 Å². The van der Waals surface area contributed by atoms with Gasteiger partial charge in [0.25, 0.3) is 5.69 Å². The topological polar surface area (TPSA) is 55.2 Å². The van der Waals surface area contributed by atoms with Gasteiger partial charge in [-0.3, -0.25) is 10.1 Å². The van der Waals surface area contributed by atoms with Crippen molar-refractivity contribution in [2.75, 3.05) is 5.32 Å². The summed E-state index contributed by atoms with van der Waals surface area (Å²) >= 11 is 3.51. The summed E-state index contributed by atoms with van der Waals surface area (Å²) in [5.74, 6) is 1.18. The third kappa shape index (κ3) is 3.14. The SMILES string of the molecule is Cc1cc(Br)c(NC2C(C)CCCC2C)cc1[N+](=O)[O-]. The van der Waals surface area contributed by atoms with Crippen LogP contribution in [0.2, 0.25) is 0 Å². The Balaban J connectivity index is 2.28. The first-order chi connectivity index (χ1) is 9.40. The number of hydrogen-bond acceptors (Lipinski definition) is 3. The normalized spacial score (nSPS) is 26.3. The molecule has 0 aliphatic heterocycles. The maximum Gasteiger partial charge on any atom is 0.274 e. The highest BCUT2D eigenvalue weighted by molar-refractivity contribution is 9.10. The van der Waals surface area contributed by atoms with Crippen LogP contribution in [-0.4, -0.2) is 11.0 Å². The maximum absolute atomic E-state index is 11.1. The molecule has 1 aromatic rings. The van der Waals surface area contributed by atoms with Crippen LogP contribution in [0.1, 0.15) is 38.7 Å². The Labute approximate surface area is 128 Å². The van der Waals surface area contributed by atoms with Gasteiger partial charge in [0.05, 0.1) is 10.6 Å². The quantitative estimate of drug-likeness (QED) is 0.628. The van der Waals surface area contributed by atoms with Gasteiger partial charge < -0.3 is 5.32 Å². The second-order valence-electron chi connectivity index (χ2n) is 5.93. The van der Waals surface area contributed by atoms with Gasteiger partial charge in [0.1, 0.15) is 0 Å². The van der Waals surface area contributed by atoms with Gasteiger partial charge in [0, 0.05) is 22.1 Å². The molecule has 1 aromatic carbocycles. The van der Waals surface area contributed by atoms with Crippen LogP contribution in [0.5, 0.6) is 0 Å². The largest absolute Gasteiger partial charge is 0.381 e. The Morgan fingerprint density at radius 2 is 1.90 bits per heavy atom. The van der Waals surface area contributed by atoms with E-state index in [4.69, 9.17) is 0 Å². The smallest absolute Gasteiger partial charge is 0.274 e. The second kappa shape index (κ2) is 6.12. The van der Waals surface area contributed by atoms with Crippen molar-refractivity contribution in [1.82, 2.24) is 0 Å². The highest BCUT2D eigenvalue weighted by Gasteiger charge is 2.28. The highest BCUT2D eigenvalue weighted by atomic mass is 79.9. The van der Waals surface area contributed by atoms with E-state index in [1.165, 1.54) is 19.3 Å². The predicted octanol–water partition coefficient (Wildman–Crippen LogP) is 4.90. The van der Waals surface area contributed by atoms with Crippen LogP contribution in [0.15, 0.2) is 16.6 Å². The van der Waals surface area contributed by atoms with Crippen LogP contribution < -0.4 is 5.32 Å². The van der Waals surface area contributed by atoms with Crippen LogP contribution >= 0.6 is 15.9 Å². The van der Waals surface area contributed by atoms with Gasteiger partial charge in [-0.15, -0.1) is 0 Å². The Morgan fingerprint density at radius 1 is 1.30 bits per heavy atom. The molecule has 0 saturated heterocycles. The van der Waals surface area contributed by atoms with Crippen LogP contribution in [0.3, 0.4) is 0 Å². The number of benzene rings is 1. The fourth-order valence-corrected chi connectivity index (χ4v) is 3.69. The van der Waals surface area contributed by atoms with E-state index in [0.29, 0.717) is 23.4 Å².